The molecule has 1 aromatic heterocycles. The number of hydrogen-bond donors (Lipinski definition) is 0. The van der Waals surface area contributed by atoms with Gasteiger partial charge in [0.2, 0.25) is 11.5 Å². The van der Waals surface area contributed by atoms with Crippen LogP contribution in [0.15, 0.2) is 54.6 Å². The fraction of sp³-hybridized carbons (Fsp3) is 0.690. The van der Waals surface area contributed by atoms with Crippen molar-refractivity contribution >= 4 is 0 Å². The molecule has 0 saturated heterocycles. The lowest BCUT2D eigenvalue weighted by Crippen LogP contribution is -2.08. The summed E-state index contributed by atoms with van der Waals surface area (Å²) in [5.41, 5.74) is 4.11. The van der Waals surface area contributed by atoms with E-state index in [-0.39, 0.29) is 0 Å². The second-order valence-electron chi connectivity index (χ2n) is 22.5. The second kappa shape index (κ2) is 44.9. The van der Waals surface area contributed by atoms with Crippen molar-refractivity contribution in [3.8, 4) is 74.1 Å². The lowest BCUT2D eigenvalue weighted by Gasteiger charge is -2.20. The number of rotatable bonds is 52. The Bertz CT molecular complexity index is 1960. The highest BCUT2D eigenvalue weighted by atomic mass is 16.5. The summed E-state index contributed by atoms with van der Waals surface area (Å²) in [7, 11) is 1.71. The molecule has 9 nitrogen and oxygen atoms in total. The first-order valence-corrected chi connectivity index (χ1v) is 33.2. The topological polar surface area (TPSA) is 90.4 Å². The van der Waals surface area contributed by atoms with Gasteiger partial charge in [-0.2, -0.15) is 0 Å². The van der Waals surface area contributed by atoms with Crippen LogP contribution in [0.25, 0.3) is 33.9 Å². The van der Waals surface area contributed by atoms with Crippen LogP contribution in [0.2, 0.25) is 0 Å². The first-order valence-electron chi connectivity index (χ1n) is 33.2. The fourth-order valence-electron chi connectivity index (χ4n) is 10.2. The molecule has 3 aromatic carbocycles. The number of benzene rings is 3. The highest BCUT2D eigenvalue weighted by molar-refractivity contribution is 5.76. The zero-order valence-corrected chi connectivity index (χ0v) is 52.1. The first kappa shape index (κ1) is 67.8. The Kier molecular flexibility index (Phi) is 38.1. The molecule has 0 amide bonds. The van der Waals surface area contributed by atoms with Gasteiger partial charge in [0.15, 0.2) is 28.8 Å². The molecule has 4 aromatic rings. The van der Waals surface area contributed by atoms with Crippen LogP contribution in [0.5, 0.6) is 40.2 Å². The van der Waals surface area contributed by atoms with E-state index in [0.717, 1.165) is 111 Å². The van der Waals surface area contributed by atoms with Crippen LogP contribution < -0.4 is 33.2 Å². The second-order valence-corrected chi connectivity index (χ2v) is 22.5. The number of aromatic nitrogens is 2. The van der Waals surface area contributed by atoms with Gasteiger partial charge in [0.05, 0.1) is 58.1 Å². The first-order chi connectivity index (χ1) is 39.5. The summed E-state index contributed by atoms with van der Waals surface area (Å²) in [6, 6.07) is 18.6. The van der Waals surface area contributed by atoms with Gasteiger partial charge in [0.25, 0.3) is 0 Å². The average molecular weight is 1110 g/mol. The largest absolute Gasteiger partial charge is 0.497 e. The molecule has 9 heteroatoms. The molecule has 0 saturated carbocycles. The van der Waals surface area contributed by atoms with E-state index in [1.807, 2.05) is 18.2 Å². The van der Waals surface area contributed by atoms with Crippen LogP contribution in [-0.2, 0) is 0 Å². The van der Waals surface area contributed by atoms with E-state index in [4.69, 9.17) is 43.1 Å². The van der Waals surface area contributed by atoms with Crippen molar-refractivity contribution in [2.45, 2.75) is 273 Å². The van der Waals surface area contributed by atoms with Gasteiger partial charge in [0, 0.05) is 16.7 Å². The number of unbranched alkanes of at least 4 members (excludes halogenated alkanes) is 30. The fourth-order valence-corrected chi connectivity index (χ4v) is 10.2. The number of nitrogens with zero attached hydrogens (tertiary/aromatic N) is 2. The molecule has 0 fully saturated rings. The SMILES string of the molecule is CCCCCCCCOc1cc(-c2cc(-c3cccc(OC)c3)nc(-c3cc(OCCCCCCCC)c(OCCCCCCCC)c(OCCCCCCCC)c3)n2)cc(OCCCCCCCC)c1OCCCCCCCC. The van der Waals surface area contributed by atoms with Gasteiger partial charge in [-0.3, -0.25) is 0 Å². The Hall–Kier alpha value is -4.66. The van der Waals surface area contributed by atoms with E-state index >= 15 is 0 Å². The Morgan fingerprint density at radius 1 is 0.287 bits per heavy atom. The zero-order chi connectivity index (χ0) is 56.9. The van der Waals surface area contributed by atoms with Crippen LogP contribution in [0.3, 0.4) is 0 Å². The molecule has 0 unspecified atom stereocenters. The van der Waals surface area contributed by atoms with Crippen molar-refractivity contribution in [1.29, 1.82) is 0 Å². The summed E-state index contributed by atoms with van der Waals surface area (Å²) >= 11 is 0. The number of hydrogen-bond acceptors (Lipinski definition) is 9. The smallest absolute Gasteiger partial charge is 0.203 e. The average Bonchev–Trinajstić information content (AvgIpc) is 3.56. The lowest BCUT2D eigenvalue weighted by molar-refractivity contribution is 0.234. The molecule has 0 N–H and O–H groups in total. The molecular weight excluding hydrogens is 993 g/mol. The van der Waals surface area contributed by atoms with Gasteiger partial charge in [-0.05, 0) is 81.0 Å². The van der Waals surface area contributed by atoms with E-state index in [9.17, 15) is 0 Å². The maximum absolute atomic E-state index is 6.83. The quantitative estimate of drug-likeness (QED) is 0.0401. The van der Waals surface area contributed by atoms with Gasteiger partial charge in [-0.1, -0.05) is 246 Å². The predicted molar refractivity (Wildman–Crippen MR) is 338 cm³/mol. The van der Waals surface area contributed by atoms with Crippen molar-refractivity contribution in [2.24, 2.45) is 0 Å². The molecule has 1 heterocycles. The Morgan fingerprint density at radius 2 is 0.575 bits per heavy atom. The monoisotopic (exact) mass is 1110 g/mol. The van der Waals surface area contributed by atoms with E-state index in [1.165, 1.54) is 154 Å². The van der Waals surface area contributed by atoms with Gasteiger partial charge in [0.1, 0.15) is 5.75 Å². The summed E-state index contributed by atoms with van der Waals surface area (Å²) in [5, 5.41) is 0. The highest BCUT2D eigenvalue weighted by Gasteiger charge is 2.23. The third-order valence-electron chi connectivity index (χ3n) is 15.2. The minimum absolute atomic E-state index is 0.559. The molecule has 0 radical (unpaired) electrons. The third kappa shape index (κ3) is 27.9. The van der Waals surface area contributed by atoms with Crippen molar-refractivity contribution in [1.82, 2.24) is 9.97 Å². The number of methoxy groups -OCH3 is 1. The Morgan fingerprint density at radius 3 is 0.900 bits per heavy atom. The van der Waals surface area contributed by atoms with Gasteiger partial charge in [-0.15, -0.1) is 0 Å². The number of ether oxygens (including phenoxy) is 7. The standard InChI is InChI=1S/C71H114N2O7/c1-8-14-20-26-32-38-47-75-65-54-60(55-66(76-48-39-33-27-21-15-9-2)69(65)79-51-42-36-30-24-18-12-5)64-58-63(59-45-44-46-62(53-59)74-7)72-71(73-64)61-56-67(77-49-40-34-28-22-16-10-3)70(80-52-43-37-31-25-19-13-6)68(57-61)78-50-41-35-29-23-17-11-4/h44-46,53-58H,8-43,47-52H2,1-7H3. The predicted octanol–water partition coefficient (Wildman–Crippen LogP) is 21.9. The lowest BCUT2D eigenvalue weighted by atomic mass is 10.0. The molecule has 0 bridgehead atoms. The normalized spacial score (nSPS) is 11.3. The summed E-state index contributed by atoms with van der Waals surface area (Å²) in [4.78, 5) is 10.9. The van der Waals surface area contributed by atoms with Crippen LogP contribution in [0, 0.1) is 0 Å². The van der Waals surface area contributed by atoms with Crippen molar-refractivity contribution in [3.63, 3.8) is 0 Å². The summed E-state index contributed by atoms with van der Waals surface area (Å²) in [5.74, 6) is 5.45. The van der Waals surface area contributed by atoms with E-state index in [2.05, 4.69) is 77.9 Å². The van der Waals surface area contributed by atoms with Crippen LogP contribution in [0.1, 0.15) is 273 Å². The minimum Gasteiger partial charge on any atom is -0.497 e. The Balaban J connectivity index is 1.90. The maximum atomic E-state index is 6.83. The van der Waals surface area contributed by atoms with Crippen LogP contribution in [-0.4, -0.2) is 56.7 Å². The van der Waals surface area contributed by atoms with E-state index < -0.39 is 0 Å². The molecule has 0 aliphatic carbocycles. The minimum atomic E-state index is 0.559. The van der Waals surface area contributed by atoms with Crippen LogP contribution in [0.4, 0.5) is 0 Å². The van der Waals surface area contributed by atoms with E-state index in [0.29, 0.717) is 80.0 Å². The summed E-state index contributed by atoms with van der Waals surface area (Å²) < 4.78 is 46.7. The van der Waals surface area contributed by atoms with E-state index in [1.54, 1.807) is 7.11 Å². The summed E-state index contributed by atoms with van der Waals surface area (Å²) in [6.07, 6.45) is 42.5. The van der Waals surface area contributed by atoms with Crippen LogP contribution >= 0.6 is 0 Å². The van der Waals surface area contributed by atoms with Gasteiger partial charge < -0.3 is 33.2 Å². The Labute approximate surface area is 489 Å². The molecule has 0 atom stereocenters. The maximum Gasteiger partial charge on any atom is 0.203 e. The van der Waals surface area contributed by atoms with Gasteiger partial charge >= 0.3 is 0 Å². The highest BCUT2D eigenvalue weighted by Crippen LogP contribution is 2.45. The molecule has 4 rings (SSSR count). The zero-order valence-electron chi connectivity index (χ0n) is 52.1. The molecule has 0 aliphatic rings. The van der Waals surface area contributed by atoms with Gasteiger partial charge in [-0.25, -0.2) is 9.97 Å². The molecule has 0 spiro atoms. The summed E-state index contributed by atoms with van der Waals surface area (Å²) in [6.45, 7) is 17.2. The van der Waals surface area contributed by atoms with Crippen molar-refractivity contribution < 1.29 is 33.2 Å². The molecule has 80 heavy (non-hydrogen) atoms. The molecule has 450 valence electrons. The van der Waals surface area contributed by atoms with Crippen molar-refractivity contribution in [3.05, 3.63) is 54.6 Å². The van der Waals surface area contributed by atoms with Crippen molar-refractivity contribution in [2.75, 3.05) is 46.8 Å². The third-order valence-corrected chi connectivity index (χ3v) is 15.2. The molecule has 0 aliphatic heterocycles. The molecular formula is C71H114N2O7.